The van der Waals surface area contributed by atoms with Gasteiger partial charge in [0.1, 0.15) is 0 Å². The standard InChI is InChI=1S/C8H14N6/c9-7-6(11-13-12-7)8(10)14-4-2-1-3-5-14/h10H,1-5H2,(H3,9,11,12,13). The second-order valence-corrected chi connectivity index (χ2v) is 3.45. The van der Waals surface area contributed by atoms with Crippen molar-refractivity contribution < 1.29 is 0 Å². The molecule has 0 amide bonds. The molecular weight excluding hydrogens is 180 g/mol. The van der Waals surface area contributed by atoms with Crippen LogP contribution in [0.15, 0.2) is 0 Å². The Bertz CT molecular complexity index is 324. The summed E-state index contributed by atoms with van der Waals surface area (Å²) >= 11 is 0. The van der Waals surface area contributed by atoms with Gasteiger partial charge in [0.2, 0.25) is 0 Å². The highest BCUT2D eigenvalue weighted by Gasteiger charge is 2.19. The molecule has 1 aromatic heterocycles. The Balaban J connectivity index is 2.11. The number of likely N-dealkylation sites (tertiary alicyclic amines) is 1. The van der Waals surface area contributed by atoms with Gasteiger partial charge in [0, 0.05) is 13.1 Å². The van der Waals surface area contributed by atoms with E-state index in [2.05, 4.69) is 15.4 Å². The van der Waals surface area contributed by atoms with Crippen LogP contribution in [-0.4, -0.2) is 39.2 Å². The van der Waals surface area contributed by atoms with E-state index in [1.54, 1.807) is 0 Å². The number of rotatable bonds is 1. The highest BCUT2D eigenvalue weighted by atomic mass is 15.4. The van der Waals surface area contributed by atoms with E-state index >= 15 is 0 Å². The number of nitrogens with one attached hydrogen (secondary N) is 2. The van der Waals surface area contributed by atoms with Crippen LogP contribution in [0.1, 0.15) is 25.0 Å². The predicted molar refractivity (Wildman–Crippen MR) is 53.0 cm³/mol. The fourth-order valence-electron chi connectivity index (χ4n) is 1.68. The molecule has 0 aliphatic carbocycles. The molecular formula is C8H14N6. The lowest BCUT2D eigenvalue weighted by Gasteiger charge is -2.27. The lowest BCUT2D eigenvalue weighted by Crippen LogP contribution is -2.36. The van der Waals surface area contributed by atoms with Crippen molar-refractivity contribution in [1.82, 2.24) is 20.3 Å². The second kappa shape index (κ2) is 3.65. The van der Waals surface area contributed by atoms with E-state index in [1.165, 1.54) is 6.42 Å². The van der Waals surface area contributed by atoms with Crippen molar-refractivity contribution >= 4 is 11.7 Å². The first-order valence-electron chi connectivity index (χ1n) is 4.79. The van der Waals surface area contributed by atoms with Gasteiger partial charge >= 0.3 is 0 Å². The molecule has 1 saturated heterocycles. The molecule has 14 heavy (non-hydrogen) atoms. The van der Waals surface area contributed by atoms with Gasteiger partial charge < -0.3 is 10.6 Å². The average Bonchev–Trinajstić information content (AvgIpc) is 2.65. The van der Waals surface area contributed by atoms with Gasteiger partial charge in [0.15, 0.2) is 17.3 Å². The molecule has 2 rings (SSSR count). The molecule has 1 aliphatic rings. The van der Waals surface area contributed by atoms with Gasteiger partial charge in [-0.05, 0) is 19.3 Å². The van der Waals surface area contributed by atoms with E-state index in [0.29, 0.717) is 17.3 Å². The number of H-pyrrole nitrogens is 1. The first-order valence-corrected chi connectivity index (χ1v) is 4.79. The van der Waals surface area contributed by atoms with Crippen LogP contribution in [0.4, 0.5) is 5.82 Å². The zero-order valence-electron chi connectivity index (χ0n) is 7.95. The molecule has 0 saturated carbocycles. The summed E-state index contributed by atoms with van der Waals surface area (Å²) in [6.07, 6.45) is 3.53. The molecule has 76 valence electrons. The maximum absolute atomic E-state index is 7.91. The van der Waals surface area contributed by atoms with Gasteiger partial charge in [-0.25, -0.2) is 0 Å². The number of nitrogens with two attached hydrogens (primary N) is 1. The topological polar surface area (TPSA) is 94.7 Å². The van der Waals surface area contributed by atoms with E-state index in [-0.39, 0.29) is 0 Å². The minimum atomic E-state index is 0.306. The summed E-state index contributed by atoms with van der Waals surface area (Å²) < 4.78 is 0. The molecule has 0 aromatic carbocycles. The van der Waals surface area contributed by atoms with Crippen LogP contribution in [0, 0.1) is 5.41 Å². The Kier molecular flexibility index (Phi) is 2.34. The first-order chi connectivity index (χ1) is 6.79. The van der Waals surface area contributed by atoms with E-state index in [9.17, 15) is 0 Å². The molecule has 0 atom stereocenters. The molecule has 1 fully saturated rings. The van der Waals surface area contributed by atoms with Crippen molar-refractivity contribution in [1.29, 1.82) is 5.41 Å². The Hall–Kier alpha value is -1.59. The number of aromatic amines is 1. The zero-order chi connectivity index (χ0) is 9.97. The average molecular weight is 194 g/mol. The van der Waals surface area contributed by atoms with E-state index in [0.717, 1.165) is 25.9 Å². The number of nitrogen functional groups attached to an aromatic ring is 1. The molecule has 0 unspecified atom stereocenters. The third-order valence-electron chi connectivity index (χ3n) is 2.47. The van der Waals surface area contributed by atoms with E-state index < -0.39 is 0 Å². The predicted octanol–water partition coefficient (Wildman–Crippen LogP) is 0.198. The summed E-state index contributed by atoms with van der Waals surface area (Å²) in [6, 6.07) is 0. The summed E-state index contributed by atoms with van der Waals surface area (Å²) in [5.74, 6) is 0.691. The third kappa shape index (κ3) is 1.55. The summed E-state index contributed by atoms with van der Waals surface area (Å²) in [7, 11) is 0. The van der Waals surface area contributed by atoms with Gasteiger partial charge in [-0.15, -0.1) is 5.10 Å². The zero-order valence-corrected chi connectivity index (χ0v) is 7.95. The Morgan fingerprint density at radius 2 is 2.00 bits per heavy atom. The van der Waals surface area contributed by atoms with Gasteiger partial charge in [0.25, 0.3) is 0 Å². The van der Waals surface area contributed by atoms with Gasteiger partial charge in [-0.3, -0.25) is 5.41 Å². The maximum Gasteiger partial charge on any atom is 0.177 e. The Labute approximate surface area is 82.0 Å². The van der Waals surface area contributed by atoms with Gasteiger partial charge in [0.05, 0.1) is 0 Å². The van der Waals surface area contributed by atoms with Crippen LogP contribution in [-0.2, 0) is 0 Å². The fraction of sp³-hybridized carbons (Fsp3) is 0.625. The van der Waals surface area contributed by atoms with Crippen molar-refractivity contribution in [3.05, 3.63) is 5.69 Å². The van der Waals surface area contributed by atoms with Crippen molar-refractivity contribution in [2.24, 2.45) is 0 Å². The molecule has 1 aliphatic heterocycles. The monoisotopic (exact) mass is 194 g/mol. The van der Waals surface area contributed by atoms with Crippen molar-refractivity contribution in [3.63, 3.8) is 0 Å². The van der Waals surface area contributed by atoms with Crippen molar-refractivity contribution in [2.75, 3.05) is 18.8 Å². The van der Waals surface area contributed by atoms with Crippen LogP contribution in [0.2, 0.25) is 0 Å². The maximum atomic E-state index is 7.91. The van der Waals surface area contributed by atoms with Crippen molar-refractivity contribution in [3.8, 4) is 0 Å². The molecule has 6 heteroatoms. The third-order valence-corrected chi connectivity index (χ3v) is 2.47. The van der Waals surface area contributed by atoms with E-state index in [1.807, 2.05) is 4.90 Å². The summed E-state index contributed by atoms with van der Waals surface area (Å²) in [4.78, 5) is 2.00. The molecule has 0 bridgehead atoms. The minimum Gasteiger partial charge on any atom is -0.380 e. The number of hydrogen-bond donors (Lipinski definition) is 3. The molecule has 0 radical (unpaired) electrons. The minimum absolute atomic E-state index is 0.306. The quantitative estimate of drug-likeness (QED) is 0.439. The number of anilines is 1. The lowest BCUT2D eigenvalue weighted by molar-refractivity contribution is 0.340. The number of aromatic nitrogens is 3. The van der Waals surface area contributed by atoms with Crippen LogP contribution >= 0.6 is 0 Å². The number of hydrogen-bond acceptors (Lipinski definition) is 4. The Morgan fingerprint density at radius 1 is 1.29 bits per heavy atom. The lowest BCUT2D eigenvalue weighted by atomic mass is 10.1. The van der Waals surface area contributed by atoms with Gasteiger partial charge in [-0.2, -0.15) is 10.3 Å². The summed E-state index contributed by atoms with van der Waals surface area (Å²) in [6.45, 7) is 1.84. The van der Waals surface area contributed by atoms with Crippen LogP contribution < -0.4 is 5.73 Å². The molecule has 0 spiro atoms. The largest absolute Gasteiger partial charge is 0.380 e. The highest BCUT2D eigenvalue weighted by molar-refractivity contribution is 5.98. The Morgan fingerprint density at radius 3 is 2.57 bits per heavy atom. The molecule has 2 heterocycles. The van der Waals surface area contributed by atoms with Gasteiger partial charge in [-0.1, -0.05) is 0 Å². The smallest absolute Gasteiger partial charge is 0.177 e. The summed E-state index contributed by atoms with van der Waals surface area (Å²) in [5, 5.41) is 17.9. The molecule has 4 N–H and O–H groups in total. The number of piperidine rings is 1. The van der Waals surface area contributed by atoms with Crippen LogP contribution in [0.5, 0.6) is 0 Å². The highest BCUT2D eigenvalue weighted by Crippen LogP contribution is 2.13. The molecule has 1 aromatic rings. The second-order valence-electron chi connectivity index (χ2n) is 3.45. The SMILES string of the molecule is N=C(c1n[nH]nc1N)N1CCCCC1. The number of amidine groups is 1. The van der Waals surface area contributed by atoms with Crippen LogP contribution in [0.25, 0.3) is 0 Å². The fourth-order valence-corrected chi connectivity index (χ4v) is 1.68. The summed E-state index contributed by atoms with van der Waals surface area (Å²) in [5.41, 5.74) is 6.04. The molecule has 6 nitrogen and oxygen atoms in total. The normalized spacial score (nSPS) is 17.0. The first kappa shape index (κ1) is 8.98. The van der Waals surface area contributed by atoms with E-state index in [4.69, 9.17) is 11.1 Å². The van der Waals surface area contributed by atoms with Crippen molar-refractivity contribution in [2.45, 2.75) is 19.3 Å². The van der Waals surface area contributed by atoms with Crippen LogP contribution in [0.3, 0.4) is 0 Å². The number of nitrogens with zero attached hydrogens (tertiary/aromatic N) is 3.